The van der Waals surface area contributed by atoms with Gasteiger partial charge in [0.2, 0.25) is 0 Å². The first kappa shape index (κ1) is 15.8. The smallest absolute Gasteiger partial charge is 0.410 e. The Labute approximate surface area is 127 Å². The highest BCUT2D eigenvalue weighted by Gasteiger charge is 2.47. The summed E-state index contributed by atoms with van der Waals surface area (Å²) in [6.07, 6.45) is 0.299. The van der Waals surface area contributed by atoms with Crippen LogP contribution in [0.25, 0.3) is 0 Å². The second-order valence-corrected chi connectivity index (χ2v) is 7.11. The first-order chi connectivity index (χ1) is 9.72. The molecule has 1 atom stereocenters. The Hall–Kier alpha value is -1.63. The van der Waals surface area contributed by atoms with E-state index in [1.807, 2.05) is 5.38 Å². The van der Waals surface area contributed by atoms with Gasteiger partial charge >= 0.3 is 12.1 Å². The number of likely N-dealkylation sites (tertiary alicyclic amines) is 1. The zero-order chi connectivity index (χ0) is 15.7. The lowest BCUT2D eigenvalue weighted by atomic mass is 9.82. The number of carbonyl (C=O) groups is 2. The summed E-state index contributed by atoms with van der Waals surface area (Å²) in [7, 11) is 0. The first-order valence-corrected chi connectivity index (χ1v) is 7.75. The van der Waals surface area contributed by atoms with Crippen LogP contribution in [0.2, 0.25) is 0 Å². The molecule has 0 saturated carbocycles. The summed E-state index contributed by atoms with van der Waals surface area (Å²) in [4.78, 5) is 29.4. The van der Waals surface area contributed by atoms with Crippen LogP contribution in [0.4, 0.5) is 4.79 Å². The van der Waals surface area contributed by atoms with E-state index in [1.54, 1.807) is 26.3 Å². The number of carbonyl (C=O) groups excluding carboxylic acids is 1. The highest BCUT2D eigenvalue weighted by molar-refractivity contribution is 7.07. The molecular formula is C14H20N2O4S. The summed E-state index contributed by atoms with van der Waals surface area (Å²) in [6.45, 7) is 5.93. The van der Waals surface area contributed by atoms with Gasteiger partial charge in [-0.3, -0.25) is 4.79 Å². The molecule has 2 rings (SSSR count). The van der Waals surface area contributed by atoms with Crippen molar-refractivity contribution >= 4 is 23.4 Å². The second kappa shape index (κ2) is 5.63. The van der Waals surface area contributed by atoms with Gasteiger partial charge in [-0.2, -0.15) is 0 Å². The molecule has 0 radical (unpaired) electrons. The van der Waals surface area contributed by atoms with Gasteiger partial charge in [-0.1, -0.05) is 0 Å². The van der Waals surface area contributed by atoms with E-state index in [0.717, 1.165) is 5.69 Å². The van der Waals surface area contributed by atoms with Crippen LogP contribution in [0, 0.1) is 5.41 Å². The van der Waals surface area contributed by atoms with Crippen LogP contribution >= 0.6 is 11.3 Å². The standard InChI is InChI=1S/C14H20N2O4S/c1-13(2,3)20-12(19)16-5-4-14(8-16,11(17)18)6-10-7-21-9-15-10/h7,9H,4-6,8H2,1-3H3,(H,17,18). The average molecular weight is 312 g/mol. The van der Waals surface area contributed by atoms with Crippen molar-refractivity contribution in [2.45, 2.75) is 39.2 Å². The molecule has 1 unspecified atom stereocenters. The number of aromatic nitrogens is 1. The molecule has 1 amide bonds. The lowest BCUT2D eigenvalue weighted by Crippen LogP contribution is -2.40. The number of aliphatic carboxylic acids is 1. The average Bonchev–Trinajstić information content (AvgIpc) is 2.97. The first-order valence-electron chi connectivity index (χ1n) is 6.80. The molecule has 6 nitrogen and oxygen atoms in total. The zero-order valence-corrected chi connectivity index (χ0v) is 13.3. The highest BCUT2D eigenvalue weighted by atomic mass is 32.1. The van der Waals surface area contributed by atoms with Crippen molar-refractivity contribution in [2.75, 3.05) is 13.1 Å². The maximum atomic E-state index is 12.1. The molecule has 0 spiro atoms. The lowest BCUT2D eigenvalue weighted by molar-refractivity contribution is -0.148. The fourth-order valence-electron chi connectivity index (χ4n) is 2.42. The van der Waals surface area contributed by atoms with Gasteiger partial charge in [-0.05, 0) is 27.2 Å². The van der Waals surface area contributed by atoms with Crippen LogP contribution in [-0.2, 0) is 16.0 Å². The van der Waals surface area contributed by atoms with Gasteiger partial charge < -0.3 is 14.7 Å². The van der Waals surface area contributed by atoms with Crippen molar-refractivity contribution < 1.29 is 19.4 Å². The van der Waals surface area contributed by atoms with Crippen LogP contribution in [-0.4, -0.2) is 45.7 Å². The molecule has 7 heteroatoms. The van der Waals surface area contributed by atoms with E-state index in [1.165, 1.54) is 16.2 Å². The normalized spacial score (nSPS) is 22.3. The van der Waals surface area contributed by atoms with Crippen molar-refractivity contribution in [3.05, 3.63) is 16.6 Å². The molecule has 0 aromatic carbocycles. The Morgan fingerprint density at radius 1 is 1.52 bits per heavy atom. The quantitative estimate of drug-likeness (QED) is 0.927. The molecule has 1 fully saturated rings. The molecule has 0 aliphatic carbocycles. The molecule has 1 aliphatic rings. The number of carboxylic acids is 1. The maximum Gasteiger partial charge on any atom is 0.410 e. The molecule has 1 aromatic heterocycles. The van der Waals surface area contributed by atoms with E-state index in [4.69, 9.17) is 4.74 Å². The number of thiazole rings is 1. The highest BCUT2D eigenvalue weighted by Crippen LogP contribution is 2.35. The van der Waals surface area contributed by atoms with Gasteiger partial charge in [0.1, 0.15) is 5.60 Å². The third-order valence-electron chi connectivity index (χ3n) is 3.46. The largest absolute Gasteiger partial charge is 0.481 e. The summed E-state index contributed by atoms with van der Waals surface area (Å²) >= 11 is 1.44. The van der Waals surface area contributed by atoms with Gasteiger partial charge in [0.25, 0.3) is 0 Å². The summed E-state index contributed by atoms with van der Waals surface area (Å²) in [5.41, 5.74) is 0.894. The van der Waals surface area contributed by atoms with E-state index in [0.29, 0.717) is 19.4 Å². The molecule has 116 valence electrons. The Morgan fingerprint density at radius 3 is 2.76 bits per heavy atom. The van der Waals surface area contributed by atoms with Gasteiger partial charge in [0, 0.05) is 24.9 Å². The van der Waals surface area contributed by atoms with E-state index in [9.17, 15) is 14.7 Å². The Kier molecular flexibility index (Phi) is 4.22. The summed E-state index contributed by atoms with van der Waals surface area (Å²) < 4.78 is 5.31. The van der Waals surface area contributed by atoms with E-state index in [-0.39, 0.29) is 6.54 Å². The van der Waals surface area contributed by atoms with E-state index in [2.05, 4.69) is 4.98 Å². The number of rotatable bonds is 3. The SMILES string of the molecule is CC(C)(C)OC(=O)N1CCC(Cc2cscn2)(C(=O)O)C1. The minimum atomic E-state index is -0.967. The number of nitrogens with zero attached hydrogens (tertiary/aromatic N) is 2. The van der Waals surface area contributed by atoms with Crippen LogP contribution in [0.15, 0.2) is 10.9 Å². The molecule has 2 heterocycles. The number of amides is 1. The monoisotopic (exact) mass is 312 g/mol. The number of hydrogen-bond acceptors (Lipinski definition) is 5. The predicted octanol–water partition coefficient (Wildman–Crippen LogP) is 2.40. The van der Waals surface area contributed by atoms with Gasteiger partial charge in [-0.25, -0.2) is 9.78 Å². The van der Waals surface area contributed by atoms with Crippen molar-refractivity contribution in [1.82, 2.24) is 9.88 Å². The fourth-order valence-corrected chi connectivity index (χ4v) is 2.98. The molecule has 1 saturated heterocycles. The Bertz CT molecular complexity index is 524. The third-order valence-corrected chi connectivity index (χ3v) is 4.10. The Morgan fingerprint density at radius 2 is 2.24 bits per heavy atom. The van der Waals surface area contributed by atoms with E-state index >= 15 is 0 Å². The molecule has 1 N–H and O–H groups in total. The summed E-state index contributed by atoms with van der Waals surface area (Å²) in [6, 6.07) is 0. The summed E-state index contributed by atoms with van der Waals surface area (Å²) in [5, 5.41) is 11.4. The van der Waals surface area contributed by atoms with Crippen LogP contribution in [0.3, 0.4) is 0 Å². The van der Waals surface area contributed by atoms with Crippen molar-refractivity contribution in [3.63, 3.8) is 0 Å². The van der Waals surface area contributed by atoms with Crippen molar-refractivity contribution in [1.29, 1.82) is 0 Å². The van der Waals surface area contributed by atoms with Crippen LogP contribution in [0.5, 0.6) is 0 Å². The van der Waals surface area contributed by atoms with E-state index < -0.39 is 23.1 Å². The molecule has 1 aliphatic heterocycles. The predicted molar refractivity (Wildman–Crippen MR) is 78.3 cm³/mol. The maximum absolute atomic E-state index is 12.1. The molecule has 0 bridgehead atoms. The molecule has 1 aromatic rings. The minimum Gasteiger partial charge on any atom is -0.481 e. The van der Waals surface area contributed by atoms with Crippen LogP contribution < -0.4 is 0 Å². The van der Waals surface area contributed by atoms with Gasteiger partial charge in [0.05, 0.1) is 16.6 Å². The zero-order valence-electron chi connectivity index (χ0n) is 12.5. The lowest BCUT2D eigenvalue weighted by Gasteiger charge is -2.26. The Balaban J connectivity index is 2.09. The second-order valence-electron chi connectivity index (χ2n) is 6.39. The summed E-state index contributed by atoms with van der Waals surface area (Å²) in [5.74, 6) is -0.887. The van der Waals surface area contributed by atoms with Crippen LogP contribution in [0.1, 0.15) is 32.9 Å². The number of ether oxygens (including phenoxy) is 1. The van der Waals surface area contributed by atoms with Gasteiger partial charge in [-0.15, -0.1) is 11.3 Å². The van der Waals surface area contributed by atoms with Crippen molar-refractivity contribution in [2.24, 2.45) is 5.41 Å². The molecular weight excluding hydrogens is 292 g/mol. The topological polar surface area (TPSA) is 79.7 Å². The number of carboxylic acid groups (broad SMARTS) is 1. The molecule has 21 heavy (non-hydrogen) atoms. The number of hydrogen-bond donors (Lipinski definition) is 1. The van der Waals surface area contributed by atoms with Crippen molar-refractivity contribution in [3.8, 4) is 0 Å². The van der Waals surface area contributed by atoms with Gasteiger partial charge in [0.15, 0.2) is 0 Å². The third kappa shape index (κ3) is 3.72. The fraction of sp³-hybridized carbons (Fsp3) is 0.643. The minimum absolute atomic E-state index is 0.161.